The van der Waals surface area contributed by atoms with E-state index in [-0.39, 0.29) is 205 Å². The number of fused-ring (bicyclic) bond motifs is 2. The van der Waals surface area contributed by atoms with Crippen molar-refractivity contribution in [3.05, 3.63) is 60.7 Å². The van der Waals surface area contributed by atoms with Crippen LogP contribution in [0.15, 0.2) is 85.6 Å². The fraction of sp³-hybridized carbons (Fsp3) is 0. The molecule has 0 spiro atoms. The molecule has 0 aliphatic heterocycles. The molecule has 12 nitrogen and oxygen atoms in total. The second-order valence-corrected chi connectivity index (χ2v) is 11.2. The molecule has 0 saturated heterocycles. The van der Waals surface area contributed by atoms with Crippen LogP contribution in [-0.2, 0) is 30.4 Å². The SMILES string of the molecule is O=S(=O)([O-])c1ccc2c(N=Nc3ccc(S(=O)(=O)[O-])c4ccccc34)c(O)c(S(=O)(=O)[O-])cc2c1.[Na+].[Na+].[Na+].[Na+].[Na+].[Na+]. The summed E-state index contributed by atoms with van der Waals surface area (Å²) in [5, 5.41) is 18.2. The van der Waals surface area contributed by atoms with E-state index in [2.05, 4.69) is 10.2 Å². The Morgan fingerprint density at radius 2 is 1.10 bits per heavy atom. The van der Waals surface area contributed by atoms with Gasteiger partial charge in [-0.2, -0.15) is 0 Å². The van der Waals surface area contributed by atoms with Crippen molar-refractivity contribution in [1.82, 2.24) is 0 Å². The van der Waals surface area contributed by atoms with E-state index < -0.39 is 56.5 Å². The van der Waals surface area contributed by atoms with E-state index in [9.17, 15) is 44.0 Å². The average Bonchev–Trinajstić information content (AvgIpc) is 2.75. The van der Waals surface area contributed by atoms with Gasteiger partial charge >= 0.3 is 177 Å². The van der Waals surface area contributed by atoms with E-state index >= 15 is 0 Å². The number of hydrogen-bond acceptors (Lipinski definition) is 12. The van der Waals surface area contributed by atoms with E-state index in [1.807, 2.05) is 0 Å². The molecule has 0 saturated carbocycles. The Kier molecular flexibility index (Phi) is 21.9. The Labute approximate surface area is 368 Å². The fourth-order valence-corrected chi connectivity index (χ4v) is 5.23. The van der Waals surface area contributed by atoms with Crippen LogP contribution >= 0.6 is 0 Å². The van der Waals surface area contributed by atoms with Gasteiger partial charge in [-0.25, -0.2) is 25.3 Å². The van der Waals surface area contributed by atoms with Crippen molar-refractivity contribution in [1.29, 1.82) is 0 Å². The Hall–Kier alpha value is 2.53. The molecule has 0 aromatic heterocycles. The van der Waals surface area contributed by atoms with Crippen LogP contribution in [0.4, 0.5) is 11.4 Å². The first kappa shape index (κ1) is 47.9. The van der Waals surface area contributed by atoms with Crippen molar-refractivity contribution < 1.29 is 221 Å². The van der Waals surface area contributed by atoms with Gasteiger partial charge < -0.3 is 18.8 Å². The first-order valence-electron chi connectivity index (χ1n) is 9.29. The van der Waals surface area contributed by atoms with Gasteiger partial charge in [0.1, 0.15) is 36.0 Å². The van der Waals surface area contributed by atoms with E-state index in [0.717, 1.165) is 30.3 Å². The number of nitrogens with zero attached hydrogens (tertiary/aromatic N) is 2. The zero-order valence-corrected chi connectivity index (χ0v) is 37.5. The molecule has 41 heavy (non-hydrogen) atoms. The fourth-order valence-electron chi connectivity index (χ4n) is 3.44. The number of phenolic OH excluding ortho intramolecular Hbond substituents is 1. The average molecular weight is 673 g/mol. The zero-order chi connectivity index (χ0) is 25.8. The molecule has 0 aliphatic rings. The van der Waals surface area contributed by atoms with Crippen molar-refractivity contribution in [2.75, 3.05) is 0 Å². The second kappa shape index (κ2) is 18.8. The molecule has 0 amide bonds. The van der Waals surface area contributed by atoms with Crippen LogP contribution in [0, 0.1) is 0 Å². The summed E-state index contributed by atoms with van der Waals surface area (Å²) in [7, 11) is -15.0. The topological polar surface area (TPSA) is 217 Å². The van der Waals surface area contributed by atoms with Gasteiger partial charge in [0.15, 0.2) is 5.75 Å². The molecule has 0 unspecified atom stereocenters. The van der Waals surface area contributed by atoms with Gasteiger partial charge in [0, 0.05) is 16.2 Å². The maximum absolute atomic E-state index is 11.7. The van der Waals surface area contributed by atoms with Crippen LogP contribution in [0.25, 0.3) is 21.5 Å². The minimum Gasteiger partial charge on any atom is -0.744 e. The van der Waals surface area contributed by atoms with Crippen LogP contribution in [0.2, 0.25) is 0 Å². The largest absolute Gasteiger partial charge is 1.00 e. The molecule has 21 heteroatoms. The van der Waals surface area contributed by atoms with Gasteiger partial charge in [0.25, 0.3) is 0 Å². The molecule has 1 N–H and O–H groups in total. The molecule has 0 aliphatic carbocycles. The molecule has 4 aromatic carbocycles. The summed E-state index contributed by atoms with van der Waals surface area (Å²) < 4.78 is 104. The predicted molar refractivity (Wildman–Crippen MR) is 118 cm³/mol. The second-order valence-electron chi connectivity index (χ2n) is 7.15. The summed E-state index contributed by atoms with van der Waals surface area (Å²) in [6.45, 7) is 0. The van der Waals surface area contributed by atoms with Crippen LogP contribution in [0.3, 0.4) is 0 Å². The van der Waals surface area contributed by atoms with E-state index in [0.29, 0.717) is 6.07 Å². The minimum absolute atomic E-state index is 0. The maximum atomic E-state index is 11.7. The van der Waals surface area contributed by atoms with E-state index in [4.69, 9.17) is 0 Å². The third kappa shape index (κ3) is 11.3. The molecule has 0 radical (unpaired) electrons. The number of benzene rings is 4. The van der Waals surface area contributed by atoms with E-state index in [1.165, 1.54) is 24.3 Å². The molecular weight excluding hydrogens is 662 g/mol. The zero-order valence-electron chi connectivity index (χ0n) is 23.0. The summed E-state index contributed by atoms with van der Waals surface area (Å²) in [5.74, 6) is -1.07. The maximum Gasteiger partial charge on any atom is 1.00 e. The van der Waals surface area contributed by atoms with Gasteiger partial charge in [-0.15, -0.1) is 10.2 Å². The summed E-state index contributed by atoms with van der Waals surface area (Å²) in [6, 6.07) is 11.5. The van der Waals surface area contributed by atoms with Crippen LogP contribution in [0.1, 0.15) is 0 Å². The van der Waals surface area contributed by atoms with Gasteiger partial charge in [-0.05, 0) is 35.7 Å². The first-order valence-corrected chi connectivity index (χ1v) is 13.5. The predicted octanol–water partition coefficient (Wildman–Crippen LogP) is -15.1. The number of hydrogen-bond donors (Lipinski definition) is 1. The Bertz CT molecular complexity index is 1910. The number of rotatable bonds is 5. The molecule has 0 atom stereocenters. The Morgan fingerprint density at radius 1 is 0.561 bits per heavy atom. The van der Waals surface area contributed by atoms with Gasteiger partial charge in [0.05, 0.1) is 20.4 Å². The molecule has 0 heterocycles. The first-order chi connectivity index (χ1) is 16.2. The third-order valence-corrected chi connectivity index (χ3v) is 7.54. The molecule has 4 rings (SSSR count). The molecule has 0 fully saturated rings. The number of azo groups is 1. The van der Waals surface area contributed by atoms with Crippen molar-refractivity contribution in [3.8, 4) is 5.75 Å². The van der Waals surface area contributed by atoms with Crippen molar-refractivity contribution in [2.24, 2.45) is 10.2 Å². The normalized spacial score (nSPS) is 11.2. The van der Waals surface area contributed by atoms with Crippen molar-refractivity contribution in [2.45, 2.75) is 14.7 Å². The quantitative estimate of drug-likeness (QED) is 0.120. The summed E-state index contributed by atoms with van der Waals surface area (Å²) in [6.07, 6.45) is 0. The van der Waals surface area contributed by atoms with Crippen molar-refractivity contribution in [3.63, 3.8) is 0 Å². The van der Waals surface area contributed by atoms with Crippen LogP contribution in [-0.4, -0.2) is 44.0 Å². The smallest absolute Gasteiger partial charge is 0.744 e. The van der Waals surface area contributed by atoms with Crippen LogP contribution < -0.4 is 177 Å². The molecular formula is C20H11N2Na6O10S3+3. The van der Waals surface area contributed by atoms with Crippen LogP contribution in [0.5, 0.6) is 5.75 Å². The molecule has 4 aromatic rings. The standard InChI is InChI=1S/C20H14N2O10S3.6Na/c23-20-18(35(30,31)32)10-11-9-12(33(24,25)26)5-6-13(11)19(20)22-21-16-7-8-17(34(27,28)29)15-4-2-1-3-14(15)16;;;;;;/h1-10,23H,(H,24,25,26)(H,27,28,29)(H,30,31,32);;;;;;/q;6*+1/p-3. The van der Waals surface area contributed by atoms with Gasteiger partial charge in [-0.1, -0.05) is 30.3 Å². The van der Waals surface area contributed by atoms with Crippen molar-refractivity contribution >= 4 is 63.3 Å². The minimum atomic E-state index is -5.27. The third-order valence-electron chi connectivity index (χ3n) is 4.97. The monoisotopic (exact) mass is 673 g/mol. The number of phenols is 1. The van der Waals surface area contributed by atoms with E-state index in [1.54, 1.807) is 0 Å². The van der Waals surface area contributed by atoms with Gasteiger partial charge in [-0.3, -0.25) is 0 Å². The molecule has 182 valence electrons. The number of aromatic hydroxyl groups is 1. The summed E-state index contributed by atoms with van der Waals surface area (Å²) in [4.78, 5) is -2.35. The Balaban J connectivity index is -0.00000241. The molecule has 0 bridgehead atoms. The summed E-state index contributed by atoms with van der Waals surface area (Å²) in [5.41, 5.74) is -0.508. The summed E-state index contributed by atoms with van der Waals surface area (Å²) >= 11 is 0. The van der Waals surface area contributed by atoms with Gasteiger partial charge in [0.2, 0.25) is 0 Å². The Morgan fingerprint density at radius 3 is 1.61 bits per heavy atom.